The summed E-state index contributed by atoms with van der Waals surface area (Å²) in [7, 11) is 0. The van der Waals surface area contributed by atoms with E-state index in [9.17, 15) is 4.39 Å². The number of hydrogen-bond acceptors (Lipinski definition) is 3. The van der Waals surface area contributed by atoms with Crippen molar-refractivity contribution in [2.24, 2.45) is 0 Å². The summed E-state index contributed by atoms with van der Waals surface area (Å²) in [4.78, 5) is 2.37. The molecule has 0 bridgehead atoms. The molecule has 22 heavy (non-hydrogen) atoms. The first-order valence-corrected chi connectivity index (χ1v) is 7.56. The van der Waals surface area contributed by atoms with Gasteiger partial charge in [-0.2, -0.15) is 0 Å². The Labute approximate surface area is 130 Å². The number of halogens is 1. The van der Waals surface area contributed by atoms with Crippen molar-refractivity contribution in [3.05, 3.63) is 66.0 Å². The number of morpholine rings is 1. The monoisotopic (exact) mass is 301 g/mol. The molecule has 0 spiro atoms. The van der Waals surface area contributed by atoms with Crippen LogP contribution in [0.1, 0.15) is 5.56 Å². The molecule has 1 fully saturated rings. The molecule has 4 heteroatoms. The average Bonchev–Trinajstić information content (AvgIpc) is 2.56. The van der Waals surface area contributed by atoms with Crippen molar-refractivity contribution >= 4 is 0 Å². The Bertz CT molecular complexity index is 573. The molecule has 2 aromatic rings. The van der Waals surface area contributed by atoms with Gasteiger partial charge < -0.3 is 9.47 Å². The van der Waals surface area contributed by atoms with Gasteiger partial charge in [0, 0.05) is 19.6 Å². The van der Waals surface area contributed by atoms with Crippen molar-refractivity contribution in [1.82, 2.24) is 4.90 Å². The second kappa shape index (κ2) is 7.38. The summed E-state index contributed by atoms with van der Waals surface area (Å²) in [5.74, 6) is 0.417. The van der Waals surface area contributed by atoms with Crippen molar-refractivity contribution in [2.75, 3.05) is 26.3 Å². The van der Waals surface area contributed by atoms with Gasteiger partial charge in [0.1, 0.15) is 24.3 Å². The Morgan fingerprint density at radius 1 is 1.09 bits per heavy atom. The van der Waals surface area contributed by atoms with Gasteiger partial charge in [0.15, 0.2) is 0 Å². The van der Waals surface area contributed by atoms with E-state index in [4.69, 9.17) is 9.47 Å². The summed E-state index contributed by atoms with van der Waals surface area (Å²) in [6.45, 7) is 3.90. The van der Waals surface area contributed by atoms with Crippen molar-refractivity contribution in [3.63, 3.8) is 0 Å². The Hall–Kier alpha value is -1.91. The largest absolute Gasteiger partial charge is 0.491 e. The lowest BCUT2D eigenvalue weighted by Gasteiger charge is -2.32. The molecule has 0 amide bonds. The van der Waals surface area contributed by atoms with Crippen LogP contribution in [0.2, 0.25) is 0 Å². The topological polar surface area (TPSA) is 21.7 Å². The molecule has 1 saturated heterocycles. The van der Waals surface area contributed by atoms with Crippen LogP contribution >= 0.6 is 0 Å². The first-order valence-electron chi connectivity index (χ1n) is 7.56. The lowest BCUT2D eigenvalue weighted by Crippen LogP contribution is -2.44. The van der Waals surface area contributed by atoms with Crippen molar-refractivity contribution in [1.29, 1.82) is 0 Å². The van der Waals surface area contributed by atoms with Crippen LogP contribution in [-0.4, -0.2) is 37.3 Å². The maximum absolute atomic E-state index is 12.9. The average molecular weight is 301 g/mol. The number of hydrogen-bond donors (Lipinski definition) is 0. The first kappa shape index (κ1) is 15.0. The summed E-state index contributed by atoms with van der Waals surface area (Å²) in [6.07, 6.45) is 0.0440. The smallest absolute Gasteiger partial charge is 0.123 e. The molecule has 0 aromatic heterocycles. The maximum Gasteiger partial charge on any atom is 0.123 e. The molecule has 0 aliphatic carbocycles. The van der Waals surface area contributed by atoms with Crippen LogP contribution in [0.3, 0.4) is 0 Å². The quantitative estimate of drug-likeness (QED) is 0.847. The van der Waals surface area contributed by atoms with E-state index in [0.717, 1.165) is 19.6 Å². The zero-order chi connectivity index (χ0) is 15.2. The van der Waals surface area contributed by atoms with Gasteiger partial charge in [-0.1, -0.05) is 30.3 Å². The minimum Gasteiger partial charge on any atom is -0.491 e. The molecule has 3 rings (SSSR count). The Morgan fingerprint density at radius 3 is 2.64 bits per heavy atom. The fourth-order valence-corrected chi connectivity index (χ4v) is 2.59. The third-order valence-electron chi connectivity index (χ3n) is 3.72. The first-order chi connectivity index (χ1) is 10.8. The summed E-state index contributed by atoms with van der Waals surface area (Å²) in [6, 6.07) is 16.5. The highest BCUT2D eigenvalue weighted by Crippen LogP contribution is 2.14. The van der Waals surface area contributed by atoms with Gasteiger partial charge in [0.2, 0.25) is 0 Å². The summed E-state index contributed by atoms with van der Waals surface area (Å²) >= 11 is 0. The molecule has 0 saturated carbocycles. The molecule has 1 aliphatic heterocycles. The molecule has 0 N–H and O–H groups in total. The van der Waals surface area contributed by atoms with Crippen molar-refractivity contribution in [2.45, 2.75) is 12.6 Å². The number of nitrogens with zero attached hydrogens (tertiary/aromatic N) is 1. The molecule has 1 heterocycles. The fourth-order valence-electron chi connectivity index (χ4n) is 2.59. The second-order valence-electron chi connectivity index (χ2n) is 5.48. The highest BCUT2D eigenvalue weighted by atomic mass is 19.1. The van der Waals surface area contributed by atoms with Gasteiger partial charge in [0.05, 0.1) is 6.61 Å². The van der Waals surface area contributed by atoms with E-state index >= 15 is 0 Å². The van der Waals surface area contributed by atoms with E-state index in [1.54, 1.807) is 12.1 Å². The van der Waals surface area contributed by atoms with E-state index in [2.05, 4.69) is 29.2 Å². The summed E-state index contributed by atoms with van der Waals surface area (Å²) in [5, 5.41) is 0. The fraction of sp³-hybridized carbons (Fsp3) is 0.333. The Kier molecular flexibility index (Phi) is 5.03. The predicted molar refractivity (Wildman–Crippen MR) is 83.4 cm³/mol. The van der Waals surface area contributed by atoms with E-state index < -0.39 is 0 Å². The molecule has 0 unspecified atom stereocenters. The van der Waals surface area contributed by atoms with Gasteiger partial charge in [-0.05, 0) is 29.8 Å². The molecule has 116 valence electrons. The minimum absolute atomic E-state index is 0.0440. The second-order valence-corrected chi connectivity index (χ2v) is 5.48. The van der Waals surface area contributed by atoms with Crippen LogP contribution in [0.25, 0.3) is 0 Å². The van der Waals surface area contributed by atoms with Crippen LogP contribution in [0.4, 0.5) is 4.39 Å². The SMILES string of the molecule is Fc1ccc(OC[C@H]2CN(Cc3ccccc3)CCO2)cc1. The minimum atomic E-state index is -0.254. The van der Waals surface area contributed by atoms with Crippen LogP contribution < -0.4 is 4.74 Å². The number of ether oxygens (including phenoxy) is 2. The van der Waals surface area contributed by atoms with Crippen molar-refractivity contribution < 1.29 is 13.9 Å². The zero-order valence-electron chi connectivity index (χ0n) is 12.5. The predicted octanol–water partition coefficient (Wildman–Crippen LogP) is 3.11. The molecular weight excluding hydrogens is 281 g/mol. The standard InChI is InChI=1S/C18H20FNO2/c19-16-6-8-17(9-7-16)22-14-18-13-20(10-11-21-18)12-15-4-2-1-3-5-15/h1-9,18H,10-14H2/t18-/m1/s1. The lowest BCUT2D eigenvalue weighted by molar-refractivity contribution is -0.0504. The van der Waals surface area contributed by atoms with E-state index in [1.807, 2.05) is 6.07 Å². The summed E-state index contributed by atoms with van der Waals surface area (Å²) < 4.78 is 24.3. The lowest BCUT2D eigenvalue weighted by atomic mass is 10.2. The Balaban J connectivity index is 1.49. The molecule has 1 atom stereocenters. The zero-order valence-corrected chi connectivity index (χ0v) is 12.5. The molecular formula is C18H20FNO2. The molecule has 0 radical (unpaired) electrons. The number of rotatable bonds is 5. The van der Waals surface area contributed by atoms with Gasteiger partial charge in [-0.25, -0.2) is 4.39 Å². The van der Waals surface area contributed by atoms with Gasteiger partial charge >= 0.3 is 0 Å². The van der Waals surface area contributed by atoms with Crippen LogP contribution in [0.15, 0.2) is 54.6 Å². The van der Waals surface area contributed by atoms with Gasteiger partial charge in [0.25, 0.3) is 0 Å². The van der Waals surface area contributed by atoms with E-state index in [0.29, 0.717) is 19.0 Å². The Morgan fingerprint density at radius 2 is 1.86 bits per heavy atom. The normalized spacial score (nSPS) is 19.0. The summed E-state index contributed by atoms with van der Waals surface area (Å²) in [5.41, 5.74) is 1.31. The highest BCUT2D eigenvalue weighted by Gasteiger charge is 2.21. The van der Waals surface area contributed by atoms with Gasteiger partial charge in [-0.3, -0.25) is 4.90 Å². The third kappa shape index (κ3) is 4.29. The van der Waals surface area contributed by atoms with Crippen LogP contribution in [0, 0.1) is 5.82 Å². The van der Waals surface area contributed by atoms with Crippen LogP contribution in [-0.2, 0) is 11.3 Å². The molecule has 3 nitrogen and oxygen atoms in total. The van der Waals surface area contributed by atoms with Crippen LogP contribution in [0.5, 0.6) is 5.75 Å². The molecule has 2 aromatic carbocycles. The van der Waals surface area contributed by atoms with Crippen molar-refractivity contribution in [3.8, 4) is 5.75 Å². The molecule has 1 aliphatic rings. The highest BCUT2D eigenvalue weighted by molar-refractivity contribution is 5.22. The maximum atomic E-state index is 12.9. The van der Waals surface area contributed by atoms with E-state index in [-0.39, 0.29) is 11.9 Å². The number of benzene rings is 2. The van der Waals surface area contributed by atoms with E-state index in [1.165, 1.54) is 17.7 Å². The van der Waals surface area contributed by atoms with Gasteiger partial charge in [-0.15, -0.1) is 0 Å². The third-order valence-corrected chi connectivity index (χ3v) is 3.72.